The molecule has 6 rings (SSSR count). The first-order valence-corrected chi connectivity index (χ1v) is 12.4. The zero-order valence-electron chi connectivity index (χ0n) is 18.9. The van der Waals surface area contributed by atoms with Crippen LogP contribution in [0, 0.1) is 23.2 Å². The van der Waals surface area contributed by atoms with Crippen LogP contribution >= 0.6 is 0 Å². The molecule has 1 heterocycles. The minimum Gasteiger partial charge on any atom is -0.350 e. The molecule has 172 valence electrons. The van der Waals surface area contributed by atoms with Gasteiger partial charge in [-0.05, 0) is 92.2 Å². The van der Waals surface area contributed by atoms with Crippen molar-refractivity contribution in [3.63, 3.8) is 0 Å². The minimum absolute atomic E-state index is 0.0203. The van der Waals surface area contributed by atoms with Crippen molar-refractivity contribution in [3.05, 3.63) is 35.4 Å². The SMILES string of the molecule is O=C(CNC(=O)CC12CC3CC(CC(C3)C1)C2)NCc1ccc(C(=O)N2CCCC2)cc1. The summed E-state index contributed by atoms with van der Waals surface area (Å²) in [7, 11) is 0. The smallest absolute Gasteiger partial charge is 0.253 e. The first-order chi connectivity index (χ1) is 15.5. The first-order valence-electron chi connectivity index (χ1n) is 12.4. The van der Waals surface area contributed by atoms with Crippen LogP contribution < -0.4 is 10.6 Å². The number of nitrogens with zero attached hydrogens (tertiary/aromatic N) is 1. The van der Waals surface area contributed by atoms with Crippen molar-refractivity contribution in [2.45, 2.75) is 64.3 Å². The van der Waals surface area contributed by atoms with E-state index in [2.05, 4.69) is 10.6 Å². The Morgan fingerprint density at radius 2 is 1.44 bits per heavy atom. The number of hydrogen-bond acceptors (Lipinski definition) is 3. The average Bonchev–Trinajstić information content (AvgIpc) is 3.30. The second-order valence-electron chi connectivity index (χ2n) is 10.8. The highest BCUT2D eigenvalue weighted by molar-refractivity contribution is 5.94. The number of carbonyl (C=O) groups is 3. The topological polar surface area (TPSA) is 78.5 Å². The van der Waals surface area contributed by atoms with E-state index in [1.54, 1.807) is 0 Å². The van der Waals surface area contributed by atoms with Gasteiger partial charge in [0.2, 0.25) is 11.8 Å². The maximum absolute atomic E-state index is 12.6. The summed E-state index contributed by atoms with van der Waals surface area (Å²) in [5.41, 5.74) is 1.83. The van der Waals surface area contributed by atoms with Crippen molar-refractivity contribution in [1.29, 1.82) is 0 Å². The van der Waals surface area contributed by atoms with Gasteiger partial charge in [-0.1, -0.05) is 12.1 Å². The standard InChI is InChI=1S/C26H35N3O3/c30-23(15-26-12-19-9-20(13-26)11-21(10-19)14-26)28-17-24(31)27-16-18-3-5-22(6-4-18)25(32)29-7-1-2-8-29/h3-6,19-21H,1-2,7-17H2,(H,27,31)(H,28,30). The first kappa shape index (κ1) is 21.5. The molecule has 6 nitrogen and oxygen atoms in total. The predicted molar refractivity (Wildman–Crippen MR) is 122 cm³/mol. The molecule has 4 saturated carbocycles. The molecule has 1 aliphatic heterocycles. The second-order valence-corrected chi connectivity index (χ2v) is 10.8. The van der Waals surface area contributed by atoms with E-state index in [1.807, 2.05) is 29.2 Å². The van der Waals surface area contributed by atoms with Crippen molar-refractivity contribution >= 4 is 17.7 Å². The second kappa shape index (κ2) is 8.87. The van der Waals surface area contributed by atoms with Gasteiger partial charge in [-0.2, -0.15) is 0 Å². The molecule has 6 heteroatoms. The van der Waals surface area contributed by atoms with Crippen molar-refractivity contribution < 1.29 is 14.4 Å². The van der Waals surface area contributed by atoms with Crippen LogP contribution in [0.2, 0.25) is 0 Å². The van der Waals surface area contributed by atoms with Gasteiger partial charge in [0.05, 0.1) is 6.54 Å². The van der Waals surface area contributed by atoms with E-state index in [1.165, 1.54) is 38.5 Å². The molecule has 0 atom stereocenters. The number of amides is 3. The van der Waals surface area contributed by atoms with Gasteiger partial charge in [-0.25, -0.2) is 0 Å². The fourth-order valence-electron chi connectivity index (χ4n) is 7.22. The Morgan fingerprint density at radius 3 is 2.03 bits per heavy atom. The Kier molecular flexibility index (Phi) is 5.95. The Labute approximate surface area is 190 Å². The van der Waals surface area contributed by atoms with E-state index in [-0.39, 0.29) is 29.7 Å². The molecule has 5 fully saturated rings. The monoisotopic (exact) mass is 437 g/mol. The van der Waals surface area contributed by atoms with E-state index < -0.39 is 0 Å². The maximum atomic E-state index is 12.6. The lowest BCUT2D eigenvalue weighted by molar-refractivity contribution is -0.131. The van der Waals surface area contributed by atoms with Crippen LogP contribution in [0.1, 0.15) is 73.7 Å². The fraction of sp³-hybridized carbons (Fsp3) is 0.654. The lowest BCUT2D eigenvalue weighted by Gasteiger charge is -2.56. The van der Waals surface area contributed by atoms with Gasteiger partial charge in [-0.15, -0.1) is 0 Å². The van der Waals surface area contributed by atoms with E-state index in [0.717, 1.165) is 49.2 Å². The van der Waals surface area contributed by atoms with Crippen LogP contribution in [-0.4, -0.2) is 42.3 Å². The van der Waals surface area contributed by atoms with Crippen LogP contribution in [0.25, 0.3) is 0 Å². The third kappa shape index (κ3) is 4.69. The lowest BCUT2D eigenvalue weighted by Crippen LogP contribution is -2.48. The van der Waals surface area contributed by atoms with Crippen molar-refractivity contribution in [3.8, 4) is 0 Å². The third-order valence-electron chi connectivity index (χ3n) is 8.23. The third-order valence-corrected chi connectivity index (χ3v) is 8.23. The zero-order valence-corrected chi connectivity index (χ0v) is 18.9. The Balaban J connectivity index is 1.04. The highest BCUT2D eigenvalue weighted by Gasteiger charge is 2.51. The van der Waals surface area contributed by atoms with Crippen LogP contribution in [0.4, 0.5) is 0 Å². The normalized spacial score (nSPS) is 30.4. The molecule has 5 aliphatic rings. The molecule has 0 unspecified atom stereocenters. The summed E-state index contributed by atoms with van der Waals surface area (Å²) in [4.78, 5) is 39.1. The summed E-state index contributed by atoms with van der Waals surface area (Å²) in [6.07, 6.45) is 10.5. The molecular weight excluding hydrogens is 402 g/mol. The Hall–Kier alpha value is -2.37. The molecule has 0 radical (unpaired) electrons. The summed E-state index contributed by atoms with van der Waals surface area (Å²) in [6, 6.07) is 7.43. The molecule has 32 heavy (non-hydrogen) atoms. The maximum Gasteiger partial charge on any atom is 0.253 e. The van der Waals surface area contributed by atoms with Crippen molar-refractivity contribution in [2.24, 2.45) is 23.2 Å². The van der Waals surface area contributed by atoms with E-state index in [4.69, 9.17) is 0 Å². The lowest BCUT2D eigenvalue weighted by atomic mass is 9.49. The summed E-state index contributed by atoms with van der Waals surface area (Å²) >= 11 is 0. The number of nitrogens with one attached hydrogen (secondary N) is 2. The van der Waals surface area contributed by atoms with Gasteiger partial charge >= 0.3 is 0 Å². The molecule has 3 amide bonds. The molecule has 1 aromatic rings. The van der Waals surface area contributed by atoms with E-state index in [9.17, 15) is 14.4 Å². The van der Waals surface area contributed by atoms with Crippen LogP contribution in [0.15, 0.2) is 24.3 Å². The number of rotatable bonds is 7. The molecule has 4 aliphatic carbocycles. The van der Waals surface area contributed by atoms with Gasteiger partial charge in [0.1, 0.15) is 0 Å². The molecular formula is C26H35N3O3. The van der Waals surface area contributed by atoms with Crippen LogP contribution in [0.5, 0.6) is 0 Å². The minimum atomic E-state index is -0.180. The van der Waals surface area contributed by atoms with Crippen LogP contribution in [-0.2, 0) is 16.1 Å². The molecule has 1 saturated heterocycles. The quantitative estimate of drug-likeness (QED) is 0.687. The van der Waals surface area contributed by atoms with Gasteiger partial charge in [-0.3, -0.25) is 14.4 Å². The van der Waals surface area contributed by atoms with Crippen molar-refractivity contribution in [2.75, 3.05) is 19.6 Å². The highest BCUT2D eigenvalue weighted by Crippen LogP contribution is 2.61. The highest BCUT2D eigenvalue weighted by atomic mass is 16.2. The summed E-state index contributed by atoms with van der Waals surface area (Å²) in [5, 5.41) is 5.72. The van der Waals surface area contributed by atoms with Gasteiger partial charge < -0.3 is 15.5 Å². The summed E-state index contributed by atoms with van der Waals surface area (Å²) < 4.78 is 0. The molecule has 4 bridgehead atoms. The molecule has 0 spiro atoms. The van der Waals surface area contributed by atoms with E-state index in [0.29, 0.717) is 18.5 Å². The fourth-order valence-corrected chi connectivity index (χ4v) is 7.22. The number of carbonyl (C=O) groups excluding carboxylic acids is 3. The predicted octanol–water partition coefficient (Wildman–Crippen LogP) is 3.26. The molecule has 0 aromatic heterocycles. The summed E-state index contributed by atoms with van der Waals surface area (Å²) in [5.74, 6) is 2.41. The Morgan fingerprint density at radius 1 is 0.844 bits per heavy atom. The zero-order chi connectivity index (χ0) is 22.1. The van der Waals surface area contributed by atoms with Crippen molar-refractivity contribution in [1.82, 2.24) is 15.5 Å². The van der Waals surface area contributed by atoms with Crippen LogP contribution in [0.3, 0.4) is 0 Å². The average molecular weight is 438 g/mol. The van der Waals surface area contributed by atoms with E-state index >= 15 is 0 Å². The van der Waals surface area contributed by atoms with Gasteiger partial charge in [0, 0.05) is 31.6 Å². The number of hydrogen-bond donors (Lipinski definition) is 2. The molecule has 2 N–H and O–H groups in total. The largest absolute Gasteiger partial charge is 0.350 e. The number of likely N-dealkylation sites (tertiary alicyclic amines) is 1. The van der Waals surface area contributed by atoms with Gasteiger partial charge in [0.25, 0.3) is 5.91 Å². The Bertz CT molecular complexity index is 838. The summed E-state index contributed by atoms with van der Waals surface area (Å²) in [6.45, 7) is 2.09. The molecule has 1 aromatic carbocycles. The van der Waals surface area contributed by atoms with Gasteiger partial charge in [0.15, 0.2) is 0 Å². The number of benzene rings is 1.